The molecule has 2 aromatic rings. The van der Waals surface area contributed by atoms with Gasteiger partial charge in [-0.25, -0.2) is 8.78 Å². The smallest absolute Gasteiger partial charge is 0.150 e. The van der Waals surface area contributed by atoms with Gasteiger partial charge in [-0.3, -0.25) is 0 Å². The number of nitrogens with one attached hydrogen (secondary N) is 1. The van der Waals surface area contributed by atoms with E-state index in [9.17, 15) is 8.78 Å². The van der Waals surface area contributed by atoms with E-state index in [0.717, 1.165) is 34.9 Å². The van der Waals surface area contributed by atoms with Crippen LogP contribution in [0.4, 0.5) is 14.5 Å². The third-order valence-electron chi connectivity index (χ3n) is 3.17. The van der Waals surface area contributed by atoms with Gasteiger partial charge in [-0.2, -0.15) is 0 Å². The molecule has 1 aliphatic carbocycles. The van der Waals surface area contributed by atoms with Gasteiger partial charge in [0.15, 0.2) is 5.82 Å². The molecule has 19 heavy (non-hydrogen) atoms. The van der Waals surface area contributed by atoms with Crippen molar-refractivity contribution in [2.75, 3.05) is 5.32 Å². The summed E-state index contributed by atoms with van der Waals surface area (Å²) < 4.78 is 27.5. The summed E-state index contributed by atoms with van der Waals surface area (Å²) in [6.45, 7) is 0. The Bertz CT molecular complexity index is 619. The van der Waals surface area contributed by atoms with Gasteiger partial charge in [-0.05, 0) is 30.5 Å². The van der Waals surface area contributed by atoms with Crippen LogP contribution in [-0.2, 0) is 6.42 Å². The molecule has 0 fully saturated rings. The normalized spacial score (nSPS) is 17.6. The maximum absolute atomic E-state index is 13.7. The SMILES string of the molecule is Fc1cc(F)c(NC2CCc3sc(Cl)cc32)c(Cl)c1. The number of halogens is 4. The molecule has 0 spiro atoms. The minimum Gasteiger partial charge on any atom is -0.375 e. The van der Waals surface area contributed by atoms with Crippen molar-refractivity contribution in [3.05, 3.63) is 49.6 Å². The molecule has 1 aliphatic rings. The van der Waals surface area contributed by atoms with Crippen LogP contribution in [0.25, 0.3) is 0 Å². The minimum atomic E-state index is -0.682. The third kappa shape index (κ3) is 2.45. The van der Waals surface area contributed by atoms with E-state index in [1.54, 1.807) is 11.3 Å². The molecule has 1 aromatic heterocycles. The quantitative estimate of drug-likeness (QED) is 0.778. The van der Waals surface area contributed by atoms with E-state index in [-0.39, 0.29) is 16.8 Å². The molecule has 6 heteroatoms. The second-order valence-electron chi connectivity index (χ2n) is 4.41. The third-order valence-corrected chi connectivity index (χ3v) is 4.81. The van der Waals surface area contributed by atoms with Crippen molar-refractivity contribution in [2.24, 2.45) is 0 Å². The molecular formula is C13H9Cl2F2NS. The first-order valence-corrected chi connectivity index (χ1v) is 7.31. The van der Waals surface area contributed by atoms with Crippen LogP contribution in [-0.4, -0.2) is 0 Å². The van der Waals surface area contributed by atoms with Gasteiger partial charge in [0.2, 0.25) is 0 Å². The standard InChI is InChI=1S/C13H9Cl2F2NS/c14-8-3-6(16)4-9(17)13(8)18-10-1-2-11-7(10)5-12(15)19-11/h3-5,10,18H,1-2H2. The Morgan fingerprint density at radius 2 is 2.00 bits per heavy atom. The summed E-state index contributed by atoms with van der Waals surface area (Å²) >= 11 is 13.4. The number of rotatable bonds is 2. The number of benzene rings is 1. The molecule has 0 saturated heterocycles. The summed E-state index contributed by atoms with van der Waals surface area (Å²) in [7, 11) is 0. The van der Waals surface area contributed by atoms with Gasteiger partial charge in [0.25, 0.3) is 0 Å². The Balaban J connectivity index is 1.91. The monoisotopic (exact) mass is 319 g/mol. The summed E-state index contributed by atoms with van der Waals surface area (Å²) in [6.07, 6.45) is 1.76. The fourth-order valence-corrected chi connectivity index (χ4v) is 3.94. The van der Waals surface area contributed by atoms with E-state index in [2.05, 4.69) is 5.32 Å². The molecule has 1 atom stereocenters. The lowest BCUT2D eigenvalue weighted by atomic mass is 10.1. The first-order valence-electron chi connectivity index (χ1n) is 5.74. The second kappa shape index (κ2) is 4.93. The van der Waals surface area contributed by atoms with E-state index < -0.39 is 11.6 Å². The van der Waals surface area contributed by atoms with Crippen molar-refractivity contribution >= 4 is 40.2 Å². The fourth-order valence-electron chi connectivity index (χ4n) is 2.33. The van der Waals surface area contributed by atoms with Crippen molar-refractivity contribution < 1.29 is 8.78 Å². The summed E-state index contributed by atoms with van der Waals surface area (Å²) in [5.74, 6) is -1.36. The first-order chi connectivity index (χ1) is 9.04. The molecular weight excluding hydrogens is 311 g/mol. The summed E-state index contributed by atoms with van der Waals surface area (Å²) in [6, 6.07) is 3.78. The number of anilines is 1. The molecule has 1 unspecified atom stereocenters. The highest BCUT2D eigenvalue weighted by Crippen LogP contribution is 2.42. The van der Waals surface area contributed by atoms with Gasteiger partial charge >= 0.3 is 0 Å². The fraction of sp³-hybridized carbons (Fsp3) is 0.231. The maximum atomic E-state index is 13.7. The van der Waals surface area contributed by atoms with E-state index in [1.165, 1.54) is 4.88 Å². The summed E-state index contributed by atoms with van der Waals surface area (Å²) in [4.78, 5) is 1.21. The van der Waals surface area contributed by atoms with Gasteiger partial charge < -0.3 is 5.32 Å². The van der Waals surface area contributed by atoms with Gasteiger partial charge in [-0.15, -0.1) is 11.3 Å². The molecule has 0 bridgehead atoms. The van der Waals surface area contributed by atoms with Gasteiger partial charge in [0.05, 0.1) is 21.1 Å². The number of hydrogen-bond acceptors (Lipinski definition) is 2. The van der Waals surface area contributed by atoms with E-state index in [1.807, 2.05) is 6.07 Å². The topological polar surface area (TPSA) is 12.0 Å². The Labute approximate surface area is 123 Å². The minimum absolute atomic E-state index is 0.0313. The average Bonchev–Trinajstić information content (AvgIpc) is 2.83. The molecule has 0 amide bonds. The number of aryl methyl sites for hydroxylation is 1. The van der Waals surface area contributed by atoms with Crippen LogP contribution in [0, 0.1) is 11.6 Å². The van der Waals surface area contributed by atoms with E-state index in [4.69, 9.17) is 23.2 Å². The largest absolute Gasteiger partial charge is 0.375 e. The zero-order valence-corrected chi connectivity index (χ0v) is 12.0. The van der Waals surface area contributed by atoms with Crippen LogP contribution in [0.5, 0.6) is 0 Å². The molecule has 1 aromatic carbocycles. The first kappa shape index (κ1) is 13.2. The summed E-state index contributed by atoms with van der Waals surface area (Å²) in [5.41, 5.74) is 1.22. The predicted molar refractivity (Wildman–Crippen MR) is 75.4 cm³/mol. The molecule has 0 saturated carbocycles. The molecule has 3 rings (SSSR count). The Morgan fingerprint density at radius 1 is 1.21 bits per heavy atom. The van der Waals surface area contributed by atoms with Crippen LogP contribution in [0.15, 0.2) is 18.2 Å². The Kier molecular flexibility index (Phi) is 3.41. The van der Waals surface area contributed by atoms with Crippen molar-refractivity contribution in [1.29, 1.82) is 0 Å². The maximum Gasteiger partial charge on any atom is 0.150 e. The lowest BCUT2D eigenvalue weighted by molar-refractivity contribution is 0.583. The van der Waals surface area contributed by atoms with Crippen LogP contribution in [0.3, 0.4) is 0 Å². The van der Waals surface area contributed by atoms with E-state index >= 15 is 0 Å². The zero-order valence-electron chi connectivity index (χ0n) is 9.64. The predicted octanol–water partition coefficient (Wildman–Crippen LogP) is 5.43. The molecule has 1 nitrogen and oxygen atoms in total. The highest BCUT2D eigenvalue weighted by molar-refractivity contribution is 7.16. The van der Waals surface area contributed by atoms with Crippen molar-refractivity contribution in [3.63, 3.8) is 0 Å². The number of fused-ring (bicyclic) bond motifs is 1. The molecule has 0 aliphatic heterocycles. The van der Waals surface area contributed by atoms with Crippen LogP contribution in [0.2, 0.25) is 9.36 Å². The van der Waals surface area contributed by atoms with Crippen molar-refractivity contribution in [3.8, 4) is 0 Å². The van der Waals surface area contributed by atoms with Crippen LogP contribution >= 0.6 is 34.5 Å². The zero-order chi connectivity index (χ0) is 13.6. The second-order valence-corrected chi connectivity index (χ2v) is 6.58. The van der Waals surface area contributed by atoms with Crippen LogP contribution < -0.4 is 5.32 Å². The number of thiophene rings is 1. The Morgan fingerprint density at radius 3 is 2.74 bits per heavy atom. The highest BCUT2D eigenvalue weighted by atomic mass is 35.5. The Hall–Kier alpha value is -0.840. The molecule has 0 radical (unpaired) electrons. The molecule has 1 heterocycles. The van der Waals surface area contributed by atoms with Gasteiger partial charge in [0.1, 0.15) is 5.82 Å². The molecule has 100 valence electrons. The van der Waals surface area contributed by atoms with Crippen LogP contribution in [0.1, 0.15) is 22.9 Å². The van der Waals surface area contributed by atoms with Crippen molar-refractivity contribution in [1.82, 2.24) is 0 Å². The lowest BCUT2D eigenvalue weighted by Crippen LogP contribution is -2.08. The van der Waals surface area contributed by atoms with Crippen molar-refractivity contribution in [2.45, 2.75) is 18.9 Å². The van der Waals surface area contributed by atoms with Gasteiger partial charge in [-0.1, -0.05) is 23.2 Å². The summed E-state index contributed by atoms with van der Waals surface area (Å²) in [5, 5.41) is 3.10. The average molecular weight is 320 g/mol. The molecule has 1 N–H and O–H groups in total. The van der Waals surface area contributed by atoms with Gasteiger partial charge in [0, 0.05) is 10.9 Å². The highest BCUT2D eigenvalue weighted by Gasteiger charge is 2.26. The van der Waals surface area contributed by atoms with E-state index in [0.29, 0.717) is 0 Å². The lowest BCUT2D eigenvalue weighted by Gasteiger charge is -2.16. The number of hydrogen-bond donors (Lipinski definition) is 1.